The second-order valence-corrected chi connectivity index (χ2v) is 7.40. The molecule has 13 heavy (non-hydrogen) atoms. The van der Waals surface area contributed by atoms with Crippen molar-refractivity contribution in [1.29, 1.82) is 0 Å². The number of rotatable bonds is 0. The summed E-state index contributed by atoms with van der Waals surface area (Å²) in [6.45, 7) is 4.60. The molecule has 0 aromatic carbocycles. The van der Waals surface area contributed by atoms with Crippen molar-refractivity contribution < 1.29 is 0 Å². The molecule has 1 heterocycles. The summed E-state index contributed by atoms with van der Waals surface area (Å²) in [6.07, 6.45) is 4.58. The second-order valence-electron chi connectivity index (χ2n) is 4.61. The van der Waals surface area contributed by atoms with Crippen molar-refractivity contribution in [1.82, 2.24) is 0 Å². The van der Waals surface area contributed by atoms with E-state index in [4.69, 9.17) is 0 Å². The van der Waals surface area contributed by atoms with Crippen LogP contribution < -0.4 is 0 Å². The Hall–Kier alpha value is 0.440. The predicted octanol–water partition coefficient (Wildman–Crippen LogP) is 3.88. The Morgan fingerprint density at radius 1 is 0.923 bits per heavy atom. The van der Waals surface area contributed by atoms with Gasteiger partial charge in [0.1, 0.15) is 0 Å². The van der Waals surface area contributed by atoms with Gasteiger partial charge in [-0.15, -0.1) is 23.5 Å². The maximum Gasteiger partial charge on any atom is 0.0245 e. The molecule has 72 valence electrons. The van der Waals surface area contributed by atoms with Crippen LogP contribution in [0.4, 0.5) is 0 Å². The number of allylic oxidation sites excluding steroid dienone is 2. The monoisotopic (exact) mass is 212 g/mol. The molecule has 0 aromatic rings. The maximum absolute atomic E-state index is 2.30. The summed E-state index contributed by atoms with van der Waals surface area (Å²) in [7, 11) is 0. The van der Waals surface area contributed by atoms with Crippen LogP contribution >= 0.6 is 23.5 Å². The molecule has 3 rings (SSSR count). The molecule has 2 saturated carbocycles. The van der Waals surface area contributed by atoms with Gasteiger partial charge in [-0.05, 0) is 54.8 Å². The zero-order chi connectivity index (χ0) is 9.00. The summed E-state index contributed by atoms with van der Waals surface area (Å²) in [5.74, 6) is 2.13. The van der Waals surface area contributed by atoms with E-state index in [1.165, 1.54) is 19.3 Å². The minimum atomic E-state index is 0.979. The standard InChI is InChI=1S/C11H16S2/c1-6-7(2)13-11-9-4-3-8(5-9)10(11)12-6/h8-11H,3-5H2,1-2H3/t8?,9?,10-,11+. The smallest absolute Gasteiger partial charge is 0.0245 e. The number of hydrogen-bond acceptors (Lipinski definition) is 2. The molecule has 2 bridgehead atoms. The van der Waals surface area contributed by atoms with Crippen LogP contribution in [0.2, 0.25) is 0 Å². The third-order valence-corrected chi connectivity index (χ3v) is 7.41. The van der Waals surface area contributed by atoms with Gasteiger partial charge in [0, 0.05) is 10.5 Å². The highest BCUT2D eigenvalue weighted by Gasteiger charge is 2.49. The van der Waals surface area contributed by atoms with Crippen LogP contribution in [0.15, 0.2) is 9.81 Å². The molecule has 0 N–H and O–H groups in total. The third-order valence-electron chi connectivity index (χ3n) is 3.89. The molecule has 0 amide bonds. The van der Waals surface area contributed by atoms with Crippen LogP contribution in [0.3, 0.4) is 0 Å². The summed E-state index contributed by atoms with van der Waals surface area (Å²) < 4.78 is 0. The lowest BCUT2D eigenvalue weighted by Crippen LogP contribution is -2.29. The molecular formula is C11H16S2. The van der Waals surface area contributed by atoms with Crippen molar-refractivity contribution in [3.63, 3.8) is 0 Å². The molecule has 1 aliphatic heterocycles. The molecule has 2 heteroatoms. The van der Waals surface area contributed by atoms with Crippen molar-refractivity contribution in [3.8, 4) is 0 Å². The molecule has 2 aliphatic carbocycles. The highest BCUT2D eigenvalue weighted by atomic mass is 32.2. The first-order valence-electron chi connectivity index (χ1n) is 5.26. The molecule has 0 radical (unpaired) electrons. The predicted molar refractivity (Wildman–Crippen MR) is 62.0 cm³/mol. The van der Waals surface area contributed by atoms with E-state index in [9.17, 15) is 0 Å². The van der Waals surface area contributed by atoms with Gasteiger partial charge in [0.25, 0.3) is 0 Å². The van der Waals surface area contributed by atoms with E-state index in [1.54, 1.807) is 9.81 Å². The van der Waals surface area contributed by atoms with Crippen molar-refractivity contribution in [2.45, 2.75) is 43.6 Å². The van der Waals surface area contributed by atoms with Gasteiger partial charge in [-0.2, -0.15) is 0 Å². The highest BCUT2D eigenvalue weighted by molar-refractivity contribution is 8.10. The minimum absolute atomic E-state index is 0.979. The molecular weight excluding hydrogens is 196 g/mol. The normalized spacial score (nSPS) is 48.5. The molecule has 2 fully saturated rings. The van der Waals surface area contributed by atoms with E-state index < -0.39 is 0 Å². The average molecular weight is 212 g/mol. The summed E-state index contributed by atoms with van der Waals surface area (Å²) in [6, 6.07) is 0. The van der Waals surface area contributed by atoms with Crippen LogP contribution in [0.1, 0.15) is 33.1 Å². The van der Waals surface area contributed by atoms with Gasteiger partial charge < -0.3 is 0 Å². The lowest BCUT2D eigenvalue weighted by molar-refractivity contribution is 0.504. The van der Waals surface area contributed by atoms with E-state index in [0.29, 0.717) is 0 Å². The lowest BCUT2D eigenvalue weighted by atomic mass is 10.00. The second kappa shape index (κ2) is 2.96. The summed E-state index contributed by atoms with van der Waals surface area (Å²) in [5, 5.41) is 1.96. The lowest BCUT2D eigenvalue weighted by Gasteiger charge is -2.34. The molecule has 0 aromatic heterocycles. The van der Waals surface area contributed by atoms with Crippen molar-refractivity contribution in [3.05, 3.63) is 9.81 Å². The van der Waals surface area contributed by atoms with Gasteiger partial charge in [-0.1, -0.05) is 0 Å². The molecule has 0 nitrogen and oxygen atoms in total. The van der Waals surface area contributed by atoms with Gasteiger partial charge in [0.05, 0.1) is 0 Å². The molecule has 2 unspecified atom stereocenters. The Kier molecular flexibility index (Phi) is 1.99. The summed E-state index contributed by atoms with van der Waals surface area (Å²) in [5.41, 5.74) is 0. The van der Waals surface area contributed by atoms with Gasteiger partial charge in [-0.3, -0.25) is 0 Å². The maximum atomic E-state index is 2.30. The fourth-order valence-corrected chi connectivity index (χ4v) is 6.45. The SMILES string of the molecule is CC1=C(C)S[C@H]2C3CCC(C3)[C@H]2S1. The van der Waals surface area contributed by atoms with Crippen LogP contribution in [0, 0.1) is 11.8 Å². The van der Waals surface area contributed by atoms with E-state index in [1.807, 2.05) is 0 Å². The van der Waals surface area contributed by atoms with Crippen LogP contribution in [-0.4, -0.2) is 10.5 Å². The zero-order valence-electron chi connectivity index (χ0n) is 8.25. The van der Waals surface area contributed by atoms with Crippen LogP contribution in [0.5, 0.6) is 0 Å². The molecule has 0 spiro atoms. The zero-order valence-corrected chi connectivity index (χ0v) is 9.88. The highest BCUT2D eigenvalue weighted by Crippen LogP contribution is 2.59. The first-order chi connectivity index (χ1) is 6.25. The van der Waals surface area contributed by atoms with Crippen LogP contribution in [0.25, 0.3) is 0 Å². The van der Waals surface area contributed by atoms with Gasteiger partial charge in [0.2, 0.25) is 0 Å². The Bertz CT molecular complexity index is 243. The van der Waals surface area contributed by atoms with Crippen molar-refractivity contribution in [2.75, 3.05) is 0 Å². The van der Waals surface area contributed by atoms with E-state index >= 15 is 0 Å². The summed E-state index contributed by atoms with van der Waals surface area (Å²) in [4.78, 5) is 3.19. The average Bonchev–Trinajstić information content (AvgIpc) is 2.67. The van der Waals surface area contributed by atoms with Gasteiger partial charge >= 0.3 is 0 Å². The topological polar surface area (TPSA) is 0 Å². The number of fused-ring (bicyclic) bond motifs is 5. The fraction of sp³-hybridized carbons (Fsp3) is 0.818. The first-order valence-corrected chi connectivity index (χ1v) is 7.02. The van der Waals surface area contributed by atoms with E-state index in [0.717, 1.165) is 22.3 Å². The Morgan fingerprint density at radius 3 is 1.85 bits per heavy atom. The van der Waals surface area contributed by atoms with Crippen molar-refractivity contribution >= 4 is 23.5 Å². The Morgan fingerprint density at radius 2 is 1.38 bits per heavy atom. The number of hydrogen-bond donors (Lipinski definition) is 0. The largest absolute Gasteiger partial charge is 0.125 e. The minimum Gasteiger partial charge on any atom is -0.125 e. The fourth-order valence-electron chi connectivity index (χ4n) is 3.09. The molecule has 0 saturated heterocycles. The first kappa shape index (κ1) is 8.72. The number of thioether (sulfide) groups is 2. The molecule has 4 atom stereocenters. The van der Waals surface area contributed by atoms with Crippen molar-refractivity contribution in [2.24, 2.45) is 11.8 Å². The Labute approximate surface area is 88.9 Å². The van der Waals surface area contributed by atoms with E-state index in [-0.39, 0.29) is 0 Å². The third kappa shape index (κ3) is 1.21. The molecule has 3 aliphatic rings. The van der Waals surface area contributed by atoms with E-state index in [2.05, 4.69) is 37.4 Å². The van der Waals surface area contributed by atoms with Gasteiger partial charge in [-0.25, -0.2) is 0 Å². The summed E-state index contributed by atoms with van der Waals surface area (Å²) >= 11 is 4.37. The van der Waals surface area contributed by atoms with Gasteiger partial charge in [0.15, 0.2) is 0 Å². The quantitative estimate of drug-likeness (QED) is 0.597. The van der Waals surface area contributed by atoms with Crippen LogP contribution in [-0.2, 0) is 0 Å². The Balaban J connectivity index is 1.90.